The number of aryl methyl sites for hydroxylation is 3. The highest BCUT2D eigenvalue weighted by Gasteiger charge is 2.13. The first-order valence-electron chi connectivity index (χ1n) is 9.29. The number of amides is 2. The van der Waals surface area contributed by atoms with E-state index in [0.29, 0.717) is 13.2 Å². The Hall–Kier alpha value is -2.86. The van der Waals surface area contributed by atoms with Gasteiger partial charge in [0.2, 0.25) is 11.8 Å². The number of carbonyl (C=O) groups is 2. The number of nitrogens with zero attached hydrogens (tertiary/aromatic N) is 1. The first-order chi connectivity index (χ1) is 13.3. The third kappa shape index (κ3) is 6.09. The molecule has 0 heterocycles. The quantitative estimate of drug-likeness (QED) is 0.732. The van der Waals surface area contributed by atoms with Crippen molar-refractivity contribution in [3.8, 4) is 5.75 Å². The van der Waals surface area contributed by atoms with Crippen molar-refractivity contribution < 1.29 is 14.3 Å². The topological polar surface area (TPSA) is 84.7 Å². The van der Waals surface area contributed by atoms with Crippen molar-refractivity contribution in [2.45, 2.75) is 33.9 Å². The number of carbonyl (C=O) groups excluding carboxylic acids is 2. The SMILES string of the molecule is Cc1ccc(COc2c(C)cc(CN(C)C(=O)CNC(=O)CN)cc2C)cc1. The lowest BCUT2D eigenvalue weighted by Gasteiger charge is -2.20. The van der Waals surface area contributed by atoms with Crippen LogP contribution < -0.4 is 15.8 Å². The zero-order valence-corrected chi connectivity index (χ0v) is 17.0. The highest BCUT2D eigenvalue weighted by atomic mass is 16.5. The van der Waals surface area contributed by atoms with Crippen LogP contribution >= 0.6 is 0 Å². The van der Waals surface area contributed by atoms with E-state index >= 15 is 0 Å². The summed E-state index contributed by atoms with van der Waals surface area (Å²) in [7, 11) is 1.71. The van der Waals surface area contributed by atoms with Crippen molar-refractivity contribution in [3.05, 3.63) is 64.2 Å². The van der Waals surface area contributed by atoms with Gasteiger partial charge in [0.1, 0.15) is 12.4 Å². The smallest absolute Gasteiger partial charge is 0.242 e. The summed E-state index contributed by atoms with van der Waals surface area (Å²) in [5.74, 6) is 0.355. The number of hydrogen-bond acceptors (Lipinski definition) is 4. The average molecular weight is 383 g/mol. The Balaban J connectivity index is 1.99. The van der Waals surface area contributed by atoms with Crippen LogP contribution in [-0.2, 0) is 22.7 Å². The second kappa shape index (κ2) is 9.90. The van der Waals surface area contributed by atoms with E-state index < -0.39 is 0 Å². The van der Waals surface area contributed by atoms with E-state index in [1.165, 1.54) is 5.56 Å². The number of likely N-dealkylation sites (N-methyl/N-ethyl adjacent to an activating group) is 1. The number of nitrogens with one attached hydrogen (secondary N) is 1. The van der Waals surface area contributed by atoms with E-state index in [1.807, 2.05) is 26.0 Å². The molecule has 28 heavy (non-hydrogen) atoms. The molecule has 0 aliphatic carbocycles. The lowest BCUT2D eigenvalue weighted by molar-refractivity contribution is -0.131. The second-order valence-electron chi connectivity index (χ2n) is 7.06. The van der Waals surface area contributed by atoms with E-state index in [4.69, 9.17) is 10.5 Å². The van der Waals surface area contributed by atoms with Crippen LogP contribution in [0.25, 0.3) is 0 Å². The molecule has 0 atom stereocenters. The van der Waals surface area contributed by atoms with Crippen molar-refractivity contribution in [2.24, 2.45) is 5.73 Å². The monoisotopic (exact) mass is 383 g/mol. The fourth-order valence-corrected chi connectivity index (χ4v) is 2.94. The number of benzene rings is 2. The second-order valence-corrected chi connectivity index (χ2v) is 7.06. The first-order valence-corrected chi connectivity index (χ1v) is 9.29. The zero-order chi connectivity index (χ0) is 20.7. The molecule has 150 valence electrons. The van der Waals surface area contributed by atoms with Gasteiger partial charge in [0.15, 0.2) is 0 Å². The molecule has 0 unspecified atom stereocenters. The Kier molecular flexibility index (Phi) is 7.58. The Morgan fingerprint density at radius 3 is 2.21 bits per heavy atom. The van der Waals surface area contributed by atoms with Crippen LogP contribution in [0.1, 0.15) is 27.8 Å². The Labute approximate surface area is 166 Å². The Morgan fingerprint density at radius 2 is 1.64 bits per heavy atom. The van der Waals surface area contributed by atoms with Gasteiger partial charge in [0.25, 0.3) is 0 Å². The molecule has 0 saturated heterocycles. The molecule has 2 aromatic rings. The summed E-state index contributed by atoms with van der Waals surface area (Å²) in [5, 5.41) is 2.49. The van der Waals surface area contributed by atoms with Crippen LogP contribution in [-0.4, -0.2) is 36.9 Å². The van der Waals surface area contributed by atoms with Crippen LogP contribution in [0.4, 0.5) is 0 Å². The van der Waals surface area contributed by atoms with Gasteiger partial charge in [-0.25, -0.2) is 0 Å². The minimum atomic E-state index is -0.344. The van der Waals surface area contributed by atoms with Crippen LogP contribution in [0.3, 0.4) is 0 Å². The third-order valence-electron chi connectivity index (χ3n) is 4.49. The molecule has 2 amide bonds. The largest absolute Gasteiger partial charge is 0.488 e. The highest BCUT2D eigenvalue weighted by molar-refractivity contribution is 5.85. The van der Waals surface area contributed by atoms with Gasteiger partial charge in [0.05, 0.1) is 13.1 Å². The van der Waals surface area contributed by atoms with E-state index in [1.54, 1.807) is 11.9 Å². The van der Waals surface area contributed by atoms with Crippen LogP contribution in [0, 0.1) is 20.8 Å². The minimum absolute atomic E-state index is 0.0533. The molecule has 0 aliphatic rings. The predicted molar refractivity (Wildman–Crippen MR) is 110 cm³/mol. The molecule has 0 fully saturated rings. The molecular formula is C22H29N3O3. The minimum Gasteiger partial charge on any atom is -0.488 e. The summed E-state index contributed by atoms with van der Waals surface area (Å²) in [6, 6.07) is 12.3. The fourth-order valence-electron chi connectivity index (χ4n) is 2.94. The van der Waals surface area contributed by atoms with Gasteiger partial charge < -0.3 is 20.7 Å². The van der Waals surface area contributed by atoms with Gasteiger partial charge >= 0.3 is 0 Å². The Morgan fingerprint density at radius 1 is 1.04 bits per heavy atom. The van der Waals surface area contributed by atoms with Gasteiger partial charge in [-0.1, -0.05) is 42.0 Å². The molecule has 3 N–H and O–H groups in total. The standard InChI is InChI=1S/C22H29N3O3/c1-15-5-7-18(8-6-15)14-28-22-16(2)9-19(10-17(22)3)13-25(4)21(27)12-24-20(26)11-23/h5-10H,11-14,23H2,1-4H3,(H,24,26). The maximum absolute atomic E-state index is 12.1. The zero-order valence-electron chi connectivity index (χ0n) is 17.0. The number of nitrogens with two attached hydrogens (primary N) is 1. The third-order valence-corrected chi connectivity index (χ3v) is 4.49. The van der Waals surface area contributed by atoms with Gasteiger partial charge in [-0.05, 0) is 43.0 Å². The molecule has 0 radical (unpaired) electrons. The molecule has 0 saturated carbocycles. The highest BCUT2D eigenvalue weighted by Crippen LogP contribution is 2.26. The molecule has 0 bridgehead atoms. The van der Waals surface area contributed by atoms with E-state index in [2.05, 4.69) is 36.5 Å². The molecule has 0 spiro atoms. The summed E-state index contributed by atoms with van der Waals surface area (Å²) in [5.41, 5.74) is 10.6. The molecule has 0 aromatic heterocycles. The lowest BCUT2D eigenvalue weighted by Crippen LogP contribution is -2.40. The van der Waals surface area contributed by atoms with E-state index in [-0.39, 0.29) is 24.9 Å². The average Bonchev–Trinajstić information content (AvgIpc) is 2.66. The molecular weight excluding hydrogens is 354 g/mol. The van der Waals surface area contributed by atoms with E-state index in [0.717, 1.165) is 28.0 Å². The van der Waals surface area contributed by atoms with Gasteiger partial charge in [-0.2, -0.15) is 0 Å². The number of rotatable bonds is 8. The molecule has 6 nitrogen and oxygen atoms in total. The van der Waals surface area contributed by atoms with Crippen molar-refractivity contribution in [1.29, 1.82) is 0 Å². The molecule has 0 aliphatic heterocycles. The maximum Gasteiger partial charge on any atom is 0.242 e. The lowest BCUT2D eigenvalue weighted by atomic mass is 10.1. The van der Waals surface area contributed by atoms with Crippen LogP contribution in [0.5, 0.6) is 5.75 Å². The summed E-state index contributed by atoms with van der Waals surface area (Å²) in [6.07, 6.45) is 0. The summed E-state index contributed by atoms with van der Waals surface area (Å²) in [4.78, 5) is 24.9. The van der Waals surface area contributed by atoms with Crippen LogP contribution in [0.15, 0.2) is 36.4 Å². The Bertz CT molecular complexity index is 808. The molecule has 6 heteroatoms. The van der Waals surface area contributed by atoms with Crippen molar-refractivity contribution in [3.63, 3.8) is 0 Å². The number of ether oxygens (including phenoxy) is 1. The molecule has 2 aromatic carbocycles. The summed E-state index contributed by atoms with van der Waals surface area (Å²) >= 11 is 0. The van der Waals surface area contributed by atoms with E-state index in [9.17, 15) is 9.59 Å². The summed E-state index contributed by atoms with van der Waals surface area (Å²) in [6.45, 7) is 6.86. The van der Waals surface area contributed by atoms with Crippen molar-refractivity contribution in [1.82, 2.24) is 10.2 Å². The van der Waals surface area contributed by atoms with Gasteiger partial charge in [-0.3, -0.25) is 9.59 Å². The summed E-state index contributed by atoms with van der Waals surface area (Å²) < 4.78 is 6.04. The van der Waals surface area contributed by atoms with Crippen molar-refractivity contribution in [2.75, 3.05) is 20.1 Å². The van der Waals surface area contributed by atoms with Gasteiger partial charge in [-0.15, -0.1) is 0 Å². The maximum atomic E-state index is 12.1. The van der Waals surface area contributed by atoms with Crippen molar-refractivity contribution >= 4 is 11.8 Å². The number of hydrogen-bond donors (Lipinski definition) is 2. The normalized spacial score (nSPS) is 10.5. The molecule has 2 rings (SSSR count). The predicted octanol–water partition coefficient (Wildman–Crippen LogP) is 2.22. The van der Waals surface area contributed by atoms with Gasteiger partial charge in [0, 0.05) is 13.6 Å². The fraction of sp³-hybridized carbons (Fsp3) is 0.364. The van der Waals surface area contributed by atoms with Crippen LogP contribution in [0.2, 0.25) is 0 Å². The first kappa shape index (κ1) is 21.4.